The van der Waals surface area contributed by atoms with E-state index in [0.717, 1.165) is 18.8 Å². The van der Waals surface area contributed by atoms with Crippen molar-refractivity contribution < 1.29 is 9.53 Å². The van der Waals surface area contributed by atoms with Crippen molar-refractivity contribution in [2.24, 2.45) is 0 Å². The zero-order chi connectivity index (χ0) is 16.8. The van der Waals surface area contributed by atoms with Gasteiger partial charge in [0.05, 0.1) is 6.61 Å². The lowest BCUT2D eigenvalue weighted by molar-refractivity contribution is 0.102. The lowest BCUT2D eigenvalue weighted by atomic mass is 10.1. The summed E-state index contributed by atoms with van der Waals surface area (Å²) >= 11 is 0. The number of carbonyl (C=O) groups is 1. The number of amides is 1. The van der Waals surface area contributed by atoms with Gasteiger partial charge in [-0.1, -0.05) is 6.07 Å². The van der Waals surface area contributed by atoms with Crippen LogP contribution >= 0.6 is 0 Å². The molecule has 0 aromatic heterocycles. The zero-order valence-electron chi connectivity index (χ0n) is 14.1. The van der Waals surface area contributed by atoms with Crippen molar-refractivity contribution in [2.45, 2.75) is 26.2 Å². The number of hydrogen-bond donors (Lipinski definition) is 1. The first kappa shape index (κ1) is 16.4. The molecule has 1 saturated heterocycles. The summed E-state index contributed by atoms with van der Waals surface area (Å²) in [6.45, 7) is 4.76. The summed E-state index contributed by atoms with van der Waals surface area (Å²) in [5.41, 5.74) is 2.63. The minimum atomic E-state index is -0.123. The Kier molecular flexibility index (Phi) is 5.36. The molecule has 1 fully saturated rings. The molecule has 0 atom stereocenters. The highest BCUT2D eigenvalue weighted by Gasteiger charge is 2.11. The van der Waals surface area contributed by atoms with Crippen molar-refractivity contribution >= 4 is 17.3 Å². The van der Waals surface area contributed by atoms with E-state index in [1.54, 1.807) is 12.1 Å². The number of anilines is 2. The van der Waals surface area contributed by atoms with Crippen LogP contribution in [0.25, 0.3) is 0 Å². The van der Waals surface area contributed by atoms with E-state index in [1.165, 1.54) is 24.9 Å². The summed E-state index contributed by atoms with van der Waals surface area (Å²) in [5, 5.41) is 2.94. The molecule has 4 heteroatoms. The van der Waals surface area contributed by atoms with Crippen molar-refractivity contribution in [2.75, 3.05) is 29.9 Å². The fraction of sp³-hybridized carbons (Fsp3) is 0.350. The van der Waals surface area contributed by atoms with Gasteiger partial charge in [0.1, 0.15) is 5.75 Å². The predicted molar refractivity (Wildman–Crippen MR) is 98.1 cm³/mol. The number of benzene rings is 2. The van der Waals surface area contributed by atoms with Crippen molar-refractivity contribution in [1.82, 2.24) is 0 Å². The van der Waals surface area contributed by atoms with Crippen LogP contribution in [0.4, 0.5) is 11.4 Å². The summed E-state index contributed by atoms with van der Waals surface area (Å²) in [6, 6.07) is 15.3. The maximum atomic E-state index is 12.4. The molecular formula is C20H24N2O2. The first-order valence-corrected chi connectivity index (χ1v) is 8.65. The fourth-order valence-corrected chi connectivity index (χ4v) is 3.00. The summed E-state index contributed by atoms with van der Waals surface area (Å²) < 4.78 is 5.44. The number of hydrogen-bond acceptors (Lipinski definition) is 3. The Bertz CT molecular complexity index is 676. The largest absolute Gasteiger partial charge is 0.494 e. The highest BCUT2D eigenvalue weighted by Crippen LogP contribution is 2.22. The molecule has 0 aliphatic carbocycles. The van der Waals surface area contributed by atoms with E-state index in [9.17, 15) is 4.79 Å². The quantitative estimate of drug-likeness (QED) is 0.890. The molecule has 3 rings (SSSR count). The Labute approximate surface area is 143 Å². The second-order valence-corrected chi connectivity index (χ2v) is 6.01. The maximum Gasteiger partial charge on any atom is 0.255 e. The SMILES string of the molecule is CCOc1cccc(C(=O)Nc2ccc(N3CCCCC3)cc2)c1. The average molecular weight is 324 g/mol. The standard InChI is InChI=1S/C20H24N2O2/c1-2-24-19-8-6-7-16(15-19)20(23)21-17-9-11-18(12-10-17)22-13-4-3-5-14-22/h6-12,15H,2-5,13-14H2,1H3,(H,21,23). The Balaban J connectivity index is 1.64. The minimum absolute atomic E-state index is 0.123. The second kappa shape index (κ2) is 7.86. The van der Waals surface area contributed by atoms with Crippen molar-refractivity contribution in [3.05, 3.63) is 54.1 Å². The van der Waals surface area contributed by atoms with Crippen LogP contribution in [-0.2, 0) is 0 Å². The predicted octanol–water partition coefficient (Wildman–Crippen LogP) is 4.33. The third kappa shape index (κ3) is 4.07. The Hall–Kier alpha value is -2.49. The van der Waals surface area contributed by atoms with E-state index in [0.29, 0.717) is 17.9 Å². The lowest BCUT2D eigenvalue weighted by Crippen LogP contribution is -2.29. The Morgan fingerprint density at radius 1 is 1.08 bits per heavy atom. The zero-order valence-corrected chi connectivity index (χ0v) is 14.1. The van der Waals surface area contributed by atoms with Gasteiger partial charge in [0.25, 0.3) is 5.91 Å². The van der Waals surface area contributed by atoms with Crippen LogP contribution in [0.1, 0.15) is 36.5 Å². The number of nitrogens with one attached hydrogen (secondary N) is 1. The van der Waals surface area contributed by atoms with Crippen LogP contribution in [0.5, 0.6) is 5.75 Å². The normalized spacial score (nSPS) is 14.3. The van der Waals surface area contributed by atoms with Gasteiger partial charge >= 0.3 is 0 Å². The molecule has 1 aliphatic heterocycles. The smallest absolute Gasteiger partial charge is 0.255 e. The van der Waals surface area contributed by atoms with E-state index in [1.807, 2.05) is 31.2 Å². The molecule has 0 unspecified atom stereocenters. The molecule has 0 spiro atoms. The molecule has 4 nitrogen and oxygen atoms in total. The number of ether oxygens (including phenoxy) is 1. The third-order valence-electron chi connectivity index (χ3n) is 4.25. The fourth-order valence-electron chi connectivity index (χ4n) is 3.00. The monoisotopic (exact) mass is 324 g/mol. The topological polar surface area (TPSA) is 41.6 Å². The first-order chi connectivity index (χ1) is 11.8. The van der Waals surface area contributed by atoms with Crippen LogP contribution in [0.2, 0.25) is 0 Å². The number of rotatable bonds is 5. The van der Waals surface area contributed by atoms with Gasteiger partial charge in [-0.15, -0.1) is 0 Å². The number of carbonyl (C=O) groups excluding carboxylic acids is 1. The van der Waals surface area contributed by atoms with Gasteiger partial charge in [-0.3, -0.25) is 4.79 Å². The van der Waals surface area contributed by atoms with E-state index in [-0.39, 0.29) is 5.91 Å². The first-order valence-electron chi connectivity index (χ1n) is 8.65. The summed E-state index contributed by atoms with van der Waals surface area (Å²) in [7, 11) is 0. The van der Waals surface area contributed by atoms with Crippen molar-refractivity contribution in [3.63, 3.8) is 0 Å². The van der Waals surface area contributed by atoms with Crippen molar-refractivity contribution in [1.29, 1.82) is 0 Å². The van der Waals surface area contributed by atoms with Gasteiger partial charge in [0.2, 0.25) is 0 Å². The van der Waals surface area contributed by atoms with Gasteiger partial charge < -0.3 is 15.0 Å². The van der Waals surface area contributed by atoms with E-state index >= 15 is 0 Å². The molecule has 0 bridgehead atoms. The van der Waals surface area contributed by atoms with Crippen LogP contribution in [0.3, 0.4) is 0 Å². The molecule has 0 radical (unpaired) electrons. The van der Waals surface area contributed by atoms with Gasteiger partial charge in [0.15, 0.2) is 0 Å². The maximum absolute atomic E-state index is 12.4. The Morgan fingerprint density at radius 3 is 2.54 bits per heavy atom. The van der Waals surface area contributed by atoms with Gasteiger partial charge in [0, 0.05) is 30.0 Å². The third-order valence-corrected chi connectivity index (χ3v) is 4.25. The Morgan fingerprint density at radius 2 is 1.83 bits per heavy atom. The van der Waals surface area contributed by atoms with E-state index in [2.05, 4.69) is 22.3 Å². The van der Waals surface area contributed by atoms with Crippen LogP contribution in [-0.4, -0.2) is 25.6 Å². The van der Waals surface area contributed by atoms with Crippen LogP contribution < -0.4 is 15.0 Å². The average Bonchev–Trinajstić information content (AvgIpc) is 2.64. The molecule has 126 valence electrons. The van der Waals surface area contributed by atoms with Gasteiger partial charge in [-0.25, -0.2) is 0 Å². The summed E-state index contributed by atoms with van der Waals surface area (Å²) in [6.07, 6.45) is 3.84. The molecule has 1 heterocycles. The number of piperidine rings is 1. The van der Waals surface area contributed by atoms with E-state index < -0.39 is 0 Å². The molecule has 2 aromatic carbocycles. The molecule has 0 saturated carbocycles. The molecule has 2 aromatic rings. The second-order valence-electron chi connectivity index (χ2n) is 6.01. The van der Waals surface area contributed by atoms with Gasteiger partial charge in [-0.05, 0) is 68.7 Å². The van der Waals surface area contributed by atoms with Crippen molar-refractivity contribution in [3.8, 4) is 5.75 Å². The molecule has 24 heavy (non-hydrogen) atoms. The van der Waals surface area contributed by atoms with E-state index in [4.69, 9.17) is 4.74 Å². The minimum Gasteiger partial charge on any atom is -0.494 e. The molecule has 1 N–H and O–H groups in total. The summed E-state index contributed by atoms with van der Waals surface area (Å²) in [5.74, 6) is 0.591. The lowest BCUT2D eigenvalue weighted by Gasteiger charge is -2.28. The molecule has 1 amide bonds. The van der Waals surface area contributed by atoms with Gasteiger partial charge in [-0.2, -0.15) is 0 Å². The molecule has 1 aliphatic rings. The highest BCUT2D eigenvalue weighted by molar-refractivity contribution is 6.04. The van der Waals surface area contributed by atoms with Crippen LogP contribution in [0.15, 0.2) is 48.5 Å². The van der Waals surface area contributed by atoms with Crippen LogP contribution in [0, 0.1) is 0 Å². The number of nitrogens with zero attached hydrogens (tertiary/aromatic N) is 1. The highest BCUT2D eigenvalue weighted by atomic mass is 16.5. The summed E-state index contributed by atoms with van der Waals surface area (Å²) in [4.78, 5) is 14.8. The molecular weight excluding hydrogens is 300 g/mol.